The van der Waals surface area contributed by atoms with Crippen LogP contribution < -0.4 is 5.73 Å². The van der Waals surface area contributed by atoms with Gasteiger partial charge in [-0.1, -0.05) is 36.4 Å². The molecule has 0 saturated heterocycles. The molecule has 0 aliphatic carbocycles. The predicted octanol–water partition coefficient (Wildman–Crippen LogP) is 1.99. The smallest absolute Gasteiger partial charge is 0.182 e. The molecular formula is C15H14FN5. The number of nitrogens with two attached hydrogens (primary N) is 1. The van der Waals surface area contributed by atoms with E-state index in [-0.39, 0.29) is 5.82 Å². The van der Waals surface area contributed by atoms with Gasteiger partial charge in [-0.15, -0.1) is 5.10 Å². The molecule has 0 spiro atoms. The summed E-state index contributed by atoms with van der Waals surface area (Å²) in [5.41, 5.74) is 8.49. The third-order valence-corrected chi connectivity index (χ3v) is 3.23. The first-order chi connectivity index (χ1) is 10.3. The second-order valence-corrected chi connectivity index (χ2v) is 4.69. The second kappa shape index (κ2) is 5.80. The number of tetrazole rings is 1. The molecule has 0 amide bonds. The topological polar surface area (TPSA) is 69.6 Å². The number of nitrogens with zero attached hydrogens (tertiary/aromatic N) is 4. The molecule has 0 radical (unpaired) electrons. The van der Waals surface area contributed by atoms with E-state index in [0.29, 0.717) is 18.9 Å². The Morgan fingerprint density at radius 1 is 0.952 bits per heavy atom. The summed E-state index contributed by atoms with van der Waals surface area (Å²) >= 11 is 0. The molecule has 0 unspecified atom stereocenters. The van der Waals surface area contributed by atoms with Gasteiger partial charge in [0.25, 0.3) is 0 Å². The summed E-state index contributed by atoms with van der Waals surface area (Å²) in [6.07, 6.45) is 0. The summed E-state index contributed by atoms with van der Waals surface area (Å²) in [5.74, 6) is 0.413. The SMILES string of the molecule is NCc1ccc(-c2nnnn2Cc2ccc(F)cc2)cc1. The van der Waals surface area contributed by atoms with Crippen molar-refractivity contribution >= 4 is 0 Å². The molecular weight excluding hydrogens is 269 g/mol. The summed E-state index contributed by atoms with van der Waals surface area (Å²) in [4.78, 5) is 0. The molecule has 0 aliphatic rings. The predicted molar refractivity (Wildman–Crippen MR) is 76.6 cm³/mol. The molecule has 5 nitrogen and oxygen atoms in total. The highest BCUT2D eigenvalue weighted by Crippen LogP contribution is 2.17. The van der Waals surface area contributed by atoms with Crippen molar-refractivity contribution in [2.45, 2.75) is 13.1 Å². The van der Waals surface area contributed by atoms with E-state index < -0.39 is 0 Å². The molecule has 106 valence electrons. The van der Waals surface area contributed by atoms with E-state index in [1.54, 1.807) is 16.8 Å². The Kier molecular flexibility index (Phi) is 3.70. The van der Waals surface area contributed by atoms with Gasteiger partial charge in [-0.2, -0.15) is 0 Å². The van der Waals surface area contributed by atoms with Gasteiger partial charge in [-0.25, -0.2) is 9.07 Å². The first-order valence-electron chi connectivity index (χ1n) is 6.56. The minimum absolute atomic E-state index is 0.256. The molecule has 0 aliphatic heterocycles. The Hall–Kier alpha value is -2.60. The quantitative estimate of drug-likeness (QED) is 0.795. The van der Waals surface area contributed by atoms with Crippen LogP contribution in [0.3, 0.4) is 0 Å². The monoisotopic (exact) mass is 283 g/mol. The van der Waals surface area contributed by atoms with Crippen molar-refractivity contribution in [2.24, 2.45) is 5.73 Å². The molecule has 2 aromatic carbocycles. The average molecular weight is 283 g/mol. The fourth-order valence-corrected chi connectivity index (χ4v) is 2.07. The Morgan fingerprint density at radius 3 is 2.29 bits per heavy atom. The Balaban J connectivity index is 1.87. The zero-order valence-electron chi connectivity index (χ0n) is 11.3. The van der Waals surface area contributed by atoms with Gasteiger partial charge < -0.3 is 5.73 Å². The van der Waals surface area contributed by atoms with Crippen LogP contribution in [0, 0.1) is 5.82 Å². The summed E-state index contributed by atoms with van der Waals surface area (Å²) in [7, 11) is 0. The van der Waals surface area contributed by atoms with Crippen molar-refractivity contribution in [3.05, 3.63) is 65.5 Å². The molecule has 0 fully saturated rings. The summed E-state index contributed by atoms with van der Waals surface area (Å²) in [5, 5.41) is 11.8. The maximum Gasteiger partial charge on any atom is 0.182 e. The average Bonchev–Trinajstić information content (AvgIpc) is 2.98. The van der Waals surface area contributed by atoms with Crippen molar-refractivity contribution in [1.82, 2.24) is 20.2 Å². The lowest BCUT2D eigenvalue weighted by molar-refractivity contribution is 0.622. The van der Waals surface area contributed by atoms with Crippen molar-refractivity contribution in [1.29, 1.82) is 0 Å². The van der Waals surface area contributed by atoms with Crippen LogP contribution in [0.2, 0.25) is 0 Å². The van der Waals surface area contributed by atoms with Gasteiger partial charge in [0, 0.05) is 12.1 Å². The molecule has 0 saturated carbocycles. The molecule has 1 aromatic heterocycles. The van der Waals surface area contributed by atoms with Gasteiger partial charge in [0.1, 0.15) is 5.82 Å². The van der Waals surface area contributed by atoms with Crippen molar-refractivity contribution in [2.75, 3.05) is 0 Å². The number of rotatable bonds is 4. The minimum Gasteiger partial charge on any atom is -0.326 e. The first-order valence-corrected chi connectivity index (χ1v) is 6.56. The standard InChI is InChI=1S/C15H14FN5/c16-14-7-3-12(4-8-14)10-21-15(18-19-20-21)13-5-1-11(9-17)2-6-13/h1-8H,9-10,17H2. The summed E-state index contributed by atoms with van der Waals surface area (Å²) in [6.45, 7) is 0.988. The van der Waals surface area contributed by atoms with Gasteiger partial charge in [0.2, 0.25) is 0 Å². The lowest BCUT2D eigenvalue weighted by Crippen LogP contribution is -2.04. The molecule has 1 heterocycles. The van der Waals surface area contributed by atoms with Crippen LogP contribution in [0.1, 0.15) is 11.1 Å². The van der Waals surface area contributed by atoms with E-state index in [1.807, 2.05) is 24.3 Å². The first kappa shape index (κ1) is 13.4. The number of hydrogen-bond donors (Lipinski definition) is 1. The highest BCUT2D eigenvalue weighted by atomic mass is 19.1. The normalized spacial score (nSPS) is 10.8. The fourth-order valence-electron chi connectivity index (χ4n) is 2.07. The van der Waals surface area contributed by atoms with Crippen LogP contribution in [-0.2, 0) is 13.1 Å². The van der Waals surface area contributed by atoms with Crippen LogP contribution in [0.25, 0.3) is 11.4 Å². The number of aromatic nitrogens is 4. The highest BCUT2D eigenvalue weighted by molar-refractivity contribution is 5.55. The molecule has 0 atom stereocenters. The largest absolute Gasteiger partial charge is 0.326 e. The van der Waals surface area contributed by atoms with Crippen molar-refractivity contribution in [3.63, 3.8) is 0 Å². The third kappa shape index (κ3) is 2.95. The lowest BCUT2D eigenvalue weighted by Gasteiger charge is -2.05. The molecule has 6 heteroatoms. The van der Waals surface area contributed by atoms with Gasteiger partial charge in [0.05, 0.1) is 6.54 Å². The van der Waals surface area contributed by atoms with Gasteiger partial charge in [0.15, 0.2) is 5.82 Å². The number of benzene rings is 2. The van der Waals surface area contributed by atoms with Crippen LogP contribution in [0.4, 0.5) is 4.39 Å². The lowest BCUT2D eigenvalue weighted by atomic mass is 10.1. The summed E-state index contributed by atoms with van der Waals surface area (Å²) in [6, 6.07) is 14.1. The van der Waals surface area contributed by atoms with E-state index >= 15 is 0 Å². The Labute approximate surface area is 121 Å². The second-order valence-electron chi connectivity index (χ2n) is 4.69. The van der Waals surface area contributed by atoms with Crippen molar-refractivity contribution in [3.8, 4) is 11.4 Å². The maximum atomic E-state index is 12.9. The zero-order chi connectivity index (χ0) is 14.7. The number of hydrogen-bond acceptors (Lipinski definition) is 4. The maximum absolute atomic E-state index is 12.9. The van der Waals surface area contributed by atoms with Crippen LogP contribution in [-0.4, -0.2) is 20.2 Å². The Bertz CT molecular complexity index is 719. The van der Waals surface area contributed by atoms with Crippen LogP contribution in [0.5, 0.6) is 0 Å². The van der Waals surface area contributed by atoms with Gasteiger partial charge in [-0.3, -0.25) is 0 Å². The number of halogens is 1. The zero-order valence-corrected chi connectivity index (χ0v) is 11.3. The molecule has 21 heavy (non-hydrogen) atoms. The van der Waals surface area contributed by atoms with Crippen LogP contribution in [0.15, 0.2) is 48.5 Å². The van der Waals surface area contributed by atoms with E-state index in [2.05, 4.69) is 15.5 Å². The molecule has 2 N–H and O–H groups in total. The van der Waals surface area contributed by atoms with E-state index in [0.717, 1.165) is 16.7 Å². The Morgan fingerprint density at radius 2 is 1.62 bits per heavy atom. The molecule has 3 aromatic rings. The van der Waals surface area contributed by atoms with Crippen molar-refractivity contribution < 1.29 is 4.39 Å². The van der Waals surface area contributed by atoms with Crippen LogP contribution >= 0.6 is 0 Å². The highest BCUT2D eigenvalue weighted by Gasteiger charge is 2.09. The van der Waals surface area contributed by atoms with E-state index in [4.69, 9.17) is 5.73 Å². The van der Waals surface area contributed by atoms with Gasteiger partial charge >= 0.3 is 0 Å². The van der Waals surface area contributed by atoms with Gasteiger partial charge in [-0.05, 0) is 33.7 Å². The molecule has 0 bridgehead atoms. The van der Waals surface area contributed by atoms with E-state index in [9.17, 15) is 4.39 Å². The fraction of sp³-hybridized carbons (Fsp3) is 0.133. The molecule has 3 rings (SSSR count). The third-order valence-electron chi connectivity index (χ3n) is 3.23. The van der Waals surface area contributed by atoms with E-state index in [1.165, 1.54) is 12.1 Å². The minimum atomic E-state index is -0.256. The summed E-state index contributed by atoms with van der Waals surface area (Å²) < 4.78 is 14.6.